The van der Waals surface area contributed by atoms with E-state index in [2.05, 4.69) is 47.0 Å². The summed E-state index contributed by atoms with van der Waals surface area (Å²) in [6, 6.07) is 0. The lowest BCUT2D eigenvalue weighted by Crippen LogP contribution is -2.53. The van der Waals surface area contributed by atoms with Gasteiger partial charge in [0.2, 0.25) is 0 Å². The standard InChI is InChI=1S/C19H32O4Si/c1-8-13-10-21-18-16(13)15-12(2)9-20-17(15)14(23-18)11-22-24(6,7)19(3,4)5/h8,13-18H,1-2,9-11H2,3-7H3/t13-,14-,15+,16-,17-,18+/m1/s1. The second kappa shape index (κ2) is 6.36. The van der Waals surface area contributed by atoms with Crippen LogP contribution in [0.2, 0.25) is 18.1 Å². The third-order valence-electron chi connectivity index (χ3n) is 6.36. The maximum absolute atomic E-state index is 6.41. The van der Waals surface area contributed by atoms with Crippen LogP contribution in [0.15, 0.2) is 24.8 Å². The molecule has 6 atom stereocenters. The summed E-state index contributed by atoms with van der Waals surface area (Å²) in [6.07, 6.45) is 1.73. The zero-order chi connectivity index (χ0) is 17.7. The molecule has 3 aliphatic heterocycles. The van der Waals surface area contributed by atoms with Crippen molar-refractivity contribution in [2.75, 3.05) is 19.8 Å². The topological polar surface area (TPSA) is 36.9 Å². The fourth-order valence-electron chi connectivity index (χ4n) is 3.78. The molecule has 0 saturated carbocycles. The Kier molecular flexibility index (Phi) is 4.86. The van der Waals surface area contributed by atoms with Gasteiger partial charge in [0.25, 0.3) is 0 Å². The first kappa shape index (κ1) is 18.3. The van der Waals surface area contributed by atoms with E-state index < -0.39 is 8.32 Å². The van der Waals surface area contributed by atoms with Crippen molar-refractivity contribution in [3.05, 3.63) is 24.8 Å². The van der Waals surface area contributed by atoms with Crippen molar-refractivity contribution >= 4 is 8.32 Å². The van der Waals surface area contributed by atoms with Crippen LogP contribution in [0.1, 0.15) is 20.8 Å². The van der Waals surface area contributed by atoms with Gasteiger partial charge in [0, 0.05) is 17.8 Å². The van der Waals surface area contributed by atoms with Crippen molar-refractivity contribution in [1.82, 2.24) is 0 Å². The summed E-state index contributed by atoms with van der Waals surface area (Å²) in [5.41, 5.74) is 1.16. The highest BCUT2D eigenvalue weighted by Crippen LogP contribution is 2.48. The molecule has 0 amide bonds. The van der Waals surface area contributed by atoms with E-state index in [-0.39, 0.29) is 35.4 Å². The zero-order valence-corrected chi connectivity index (χ0v) is 16.7. The second-order valence-electron chi connectivity index (χ2n) is 8.88. The minimum atomic E-state index is -1.82. The SMILES string of the molecule is C=C[C@@H]1CO[C@H]2O[C@H](CO[Si](C)(C)C(C)(C)C)[C@H]3OCC(=C)[C@H]3[C@H]21. The molecule has 0 bridgehead atoms. The van der Waals surface area contributed by atoms with Gasteiger partial charge in [0.1, 0.15) is 6.10 Å². The smallest absolute Gasteiger partial charge is 0.192 e. The van der Waals surface area contributed by atoms with Crippen LogP contribution < -0.4 is 0 Å². The van der Waals surface area contributed by atoms with Crippen molar-refractivity contribution in [3.63, 3.8) is 0 Å². The molecule has 5 heteroatoms. The number of rotatable bonds is 4. The fraction of sp³-hybridized carbons (Fsp3) is 0.789. The first-order valence-electron chi connectivity index (χ1n) is 8.98. The molecule has 3 fully saturated rings. The minimum Gasteiger partial charge on any atom is -0.414 e. The molecule has 3 rings (SSSR count). The van der Waals surface area contributed by atoms with Crippen molar-refractivity contribution in [2.24, 2.45) is 17.8 Å². The normalized spacial score (nSPS) is 39.6. The van der Waals surface area contributed by atoms with Crippen LogP contribution in [-0.4, -0.2) is 46.6 Å². The second-order valence-corrected chi connectivity index (χ2v) is 13.7. The molecular weight excluding hydrogens is 320 g/mol. The quantitative estimate of drug-likeness (QED) is 0.570. The number of hydrogen-bond donors (Lipinski definition) is 0. The summed E-state index contributed by atoms with van der Waals surface area (Å²) in [5, 5.41) is 0.182. The van der Waals surface area contributed by atoms with Crippen LogP contribution >= 0.6 is 0 Å². The van der Waals surface area contributed by atoms with Crippen LogP contribution in [0, 0.1) is 17.8 Å². The monoisotopic (exact) mass is 352 g/mol. The Morgan fingerprint density at radius 1 is 1.29 bits per heavy atom. The molecule has 0 aromatic heterocycles. The van der Waals surface area contributed by atoms with Gasteiger partial charge in [-0.05, 0) is 23.7 Å². The Bertz CT molecular complexity index is 510. The van der Waals surface area contributed by atoms with Gasteiger partial charge in [-0.25, -0.2) is 0 Å². The predicted octanol–water partition coefficient (Wildman–Crippen LogP) is 3.75. The van der Waals surface area contributed by atoms with Gasteiger partial charge in [0.05, 0.1) is 25.9 Å². The first-order valence-corrected chi connectivity index (χ1v) is 11.9. The molecule has 0 unspecified atom stereocenters. The molecule has 0 radical (unpaired) electrons. The van der Waals surface area contributed by atoms with Crippen molar-refractivity contribution in [2.45, 2.75) is 57.4 Å². The van der Waals surface area contributed by atoms with Crippen molar-refractivity contribution < 1.29 is 18.6 Å². The van der Waals surface area contributed by atoms with Crippen molar-refractivity contribution in [3.8, 4) is 0 Å². The summed E-state index contributed by atoms with van der Waals surface area (Å²) in [6.45, 7) is 21.4. The summed E-state index contributed by atoms with van der Waals surface area (Å²) in [5.74, 6) is 0.858. The van der Waals surface area contributed by atoms with Gasteiger partial charge in [-0.3, -0.25) is 0 Å². The Morgan fingerprint density at radius 2 is 2.00 bits per heavy atom. The van der Waals surface area contributed by atoms with Crippen LogP contribution in [0.25, 0.3) is 0 Å². The summed E-state index contributed by atoms with van der Waals surface area (Å²) < 4.78 is 24.6. The Hall–Kier alpha value is -0.463. The lowest BCUT2D eigenvalue weighted by Gasteiger charge is -2.43. The largest absolute Gasteiger partial charge is 0.414 e. The molecule has 3 aliphatic rings. The maximum Gasteiger partial charge on any atom is 0.192 e. The molecule has 0 aromatic carbocycles. The van der Waals surface area contributed by atoms with Crippen molar-refractivity contribution in [1.29, 1.82) is 0 Å². The van der Waals surface area contributed by atoms with Gasteiger partial charge in [-0.15, -0.1) is 6.58 Å². The van der Waals surface area contributed by atoms with Gasteiger partial charge < -0.3 is 18.6 Å². The summed E-state index contributed by atoms with van der Waals surface area (Å²) in [4.78, 5) is 0. The molecule has 0 aromatic rings. The van der Waals surface area contributed by atoms with E-state index in [1.165, 1.54) is 0 Å². The van der Waals surface area contributed by atoms with E-state index in [4.69, 9.17) is 18.6 Å². The average molecular weight is 353 g/mol. The molecule has 3 heterocycles. The summed E-state index contributed by atoms with van der Waals surface area (Å²) in [7, 11) is -1.82. The highest BCUT2D eigenvalue weighted by molar-refractivity contribution is 6.74. The highest BCUT2D eigenvalue weighted by atomic mass is 28.4. The minimum absolute atomic E-state index is 0.0210. The summed E-state index contributed by atoms with van der Waals surface area (Å²) >= 11 is 0. The molecule has 136 valence electrons. The molecule has 0 spiro atoms. The van der Waals surface area contributed by atoms with E-state index in [9.17, 15) is 0 Å². The lowest BCUT2D eigenvalue weighted by atomic mass is 9.74. The molecule has 3 saturated heterocycles. The van der Waals surface area contributed by atoms with E-state index in [0.717, 1.165) is 5.57 Å². The van der Waals surface area contributed by atoms with Crippen LogP contribution in [0.4, 0.5) is 0 Å². The Morgan fingerprint density at radius 3 is 2.62 bits per heavy atom. The third-order valence-corrected chi connectivity index (χ3v) is 10.9. The van der Waals surface area contributed by atoms with Gasteiger partial charge in [0.15, 0.2) is 14.6 Å². The predicted molar refractivity (Wildman–Crippen MR) is 97.3 cm³/mol. The van der Waals surface area contributed by atoms with Crippen LogP contribution in [0.3, 0.4) is 0 Å². The number of fused-ring (bicyclic) bond motifs is 3. The average Bonchev–Trinajstić information content (AvgIpc) is 3.07. The highest BCUT2D eigenvalue weighted by Gasteiger charge is 2.55. The van der Waals surface area contributed by atoms with E-state index >= 15 is 0 Å². The van der Waals surface area contributed by atoms with Gasteiger partial charge in [-0.1, -0.05) is 33.4 Å². The van der Waals surface area contributed by atoms with E-state index in [1.54, 1.807) is 0 Å². The van der Waals surface area contributed by atoms with E-state index in [0.29, 0.717) is 25.7 Å². The molecule has 0 N–H and O–H groups in total. The van der Waals surface area contributed by atoms with Gasteiger partial charge in [-0.2, -0.15) is 0 Å². The fourth-order valence-corrected chi connectivity index (χ4v) is 4.79. The molecule has 24 heavy (non-hydrogen) atoms. The molecular formula is C19H32O4Si. The Balaban J connectivity index is 1.75. The first-order chi connectivity index (χ1) is 11.2. The van der Waals surface area contributed by atoms with Crippen LogP contribution in [-0.2, 0) is 18.6 Å². The van der Waals surface area contributed by atoms with Crippen LogP contribution in [0.5, 0.6) is 0 Å². The van der Waals surface area contributed by atoms with E-state index in [1.807, 2.05) is 6.08 Å². The zero-order valence-electron chi connectivity index (χ0n) is 15.7. The number of ether oxygens (including phenoxy) is 3. The molecule has 4 nitrogen and oxygen atoms in total. The molecule has 0 aliphatic carbocycles. The van der Waals surface area contributed by atoms with Gasteiger partial charge >= 0.3 is 0 Å². The lowest BCUT2D eigenvalue weighted by molar-refractivity contribution is -0.236. The Labute approximate surface area is 147 Å². The third kappa shape index (κ3) is 3.05. The number of hydrogen-bond acceptors (Lipinski definition) is 4. The maximum atomic E-state index is 6.41.